The molecule has 1 heterocycles. The average Bonchev–Trinajstić information content (AvgIpc) is 2.52. The molecule has 2 rings (SSSR count). The number of piperidine rings is 1. The van der Waals surface area contributed by atoms with E-state index < -0.39 is 9.85 Å². The van der Waals surface area contributed by atoms with Crippen molar-refractivity contribution in [2.24, 2.45) is 0 Å². The van der Waals surface area contributed by atoms with Gasteiger partial charge in [0.05, 0.1) is 35.2 Å². The molecule has 1 aliphatic heterocycles. The Morgan fingerprint density at radius 1 is 1.32 bits per heavy atom. The lowest BCUT2D eigenvalue weighted by Crippen LogP contribution is -2.40. The van der Waals surface area contributed by atoms with Crippen molar-refractivity contribution in [3.05, 3.63) is 38.4 Å². The Hall–Kier alpha value is -2.26. The topological polar surface area (TPSA) is 119 Å². The molecule has 0 bridgehead atoms. The molecule has 22 heavy (non-hydrogen) atoms. The number of aliphatic hydroxyl groups is 1. The summed E-state index contributed by atoms with van der Waals surface area (Å²) in [4.78, 5) is 22.5. The van der Waals surface area contributed by atoms with Crippen LogP contribution in [0, 0.1) is 20.2 Å². The van der Waals surface area contributed by atoms with Gasteiger partial charge in [0.15, 0.2) is 0 Å². The van der Waals surface area contributed by atoms with Crippen molar-refractivity contribution in [3.8, 4) is 0 Å². The minimum atomic E-state index is -0.653. The fourth-order valence-electron chi connectivity index (χ4n) is 2.55. The predicted molar refractivity (Wildman–Crippen MR) is 78.0 cm³/mol. The first kappa shape index (κ1) is 16.1. The Balaban J connectivity index is 2.23. The maximum atomic E-state index is 11.2. The van der Waals surface area contributed by atoms with Crippen molar-refractivity contribution in [2.45, 2.75) is 18.9 Å². The standard InChI is InChI=1S/C13H17N3O6/c17-6-7-22-11-2-1-5-14(9-11)12-4-3-10(15(18)19)8-13(12)16(20)21/h3-4,8,11,17H,1-2,5-7,9H2. The molecule has 120 valence electrons. The van der Waals surface area contributed by atoms with E-state index in [1.807, 2.05) is 0 Å². The Kier molecular flexibility index (Phi) is 5.23. The van der Waals surface area contributed by atoms with Crippen LogP contribution in [0.25, 0.3) is 0 Å². The highest BCUT2D eigenvalue weighted by atomic mass is 16.6. The van der Waals surface area contributed by atoms with Gasteiger partial charge in [-0.25, -0.2) is 0 Å². The van der Waals surface area contributed by atoms with Crippen LogP contribution in [0.2, 0.25) is 0 Å². The Labute approximate surface area is 126 Å². The first-order valence-corrected chi connectivity index (χ1v) is 6.93. The number of anilines is 1. The van der Waals surface area contributed by atoms with Crippen LogP contribution in [0.3, 0.4) is 0 Å². The molecule has 0 aliphatic carbocycles. The molecule has 0 radical (unpaired) electrons. The summed E-state index contributed by atoms with van der Waals surface area (Å²) in [6.07, 6.45) is 1.50. The monoisotopic (exact) mass is 311 g/mol. The number of hydrogen-bond acceptors (Lipinski definition) is 7. The van der Waals surface area contributed by atoms with Gasteiger partial charge in [0.2, 0.25) is 0 Å². The van der Waals surface area contributed by atoms with Crippen LogP contribution in [-0.2, 0) is 4.74 Å². The summed E-state index contributed by atoms with van der Waals surface area (Å²) in [6.45, 7) is 1.23. The Morgan fingerprint density at radius 2 is 2.09 bits per heavy atom. The van der Waals surface area contributed by atoms with E-state index in [1.54, 1.807) is 4.90 Å². The van der Waals surface area contributed by atoms with Crippen LogP contribution >= 0.6 is 0 Å². The van der Waals surface area contributed by atoms with Crippen molar-refractivity contribution in [3.63, 3.8) is 0 Å². The third kappa shape index (κ3) is 3.68. The molecule has 1 aromatic carbocycles. The zero-order chi connectivity index (χ0) is 16.1. The highest BCUT2D eigenvalue weighted by Crippen LogP contribution is 2.33. The Morgan fingerprint density at radius 3 is 2.73 bits per heavy atom. The van der Waals surface area contributed by atoms with Crippen LogP contribution < -0.4 is 4.90 Å². The molecule has 1 saturated heterocycles. The van der Waals surface area contributed by atoms with Crippen molar-refractivity contribution < 1.29 is 19.7 Å². The van der Waals surface area contributed by atoms with Gasteiger partial charge in [-0.3, -0.25) is 20.2 Å². The fraction of sp³-hybridized carbons (Fsp3) is 0.538. The summed E-state index contributed by atoms with van der Waals surface area (Å²) in [5, 5.41) is 30.7. The lowest BCUT2D eigenvalue weighted by molar-refractivity contribution is -0.393. The quantitative estimate of drug-likeness (QED) is 0.624. The van der Waals surface area contributed by atoms with Crippen molar-refractivity contribution in [2.75, 3.05) is 31.2 Å². The molecule has 9 heteroatoms. The number of rotatable bonds is 6. The number of nitro benzene ring substituents is 2. The molecule has 1 atom stereocenters. The maximum Gasteiger partial charge on any atom is 0.299 e. The maximum absolute atomic E-state index is 11.2. The molecule has 0 spiro atoms. The van der Waals surface area contributed by atoms with Gasteiger partial charge < -0.3 is 14.7 Å². The molecule has 1 fully saturated rings. The second kappa shape index (κ2) is 7.14. The van der Waals surface area contributed by atoms with Gasteiger partial charge in [0.25, 0.3) is 11.4 Å². The van der Waals surface area contributed by atoms with E-state index in [4.69, 9.17) is 9.84 Å². The molecule has 1 unspecified atom stereocenters. The molecule has 0 aromatic heterocycles. The highest BCUT2D eigenvalue weighted by molar-refractivity contribution is 5.67. The highest BCUT2D eigenvalue weighted by Gasteiger charge is 2.27. The number of ether oxygens (including phenoxy) is 1. The molecular weight excluding hydrogens is 294 g/mol. The predicted octanol–water partition coefficient (Wildman–Crippen LogP) is 1.48. The van der Waals surface area contributed by atoms with Crippen LogP contribution in [0.4, 0.5) is 17.1 Å². The normalized spacial score (nSPS) is 18.2. The van der Waals surface area contributed by atoms with E-state index in [1.165, 1.54) is 12.1 Å². The lowest BCUT2D eigenvalue weighted by atomic mass is 10.1. The second-order valence-electron chi connectivity index (χ2n) is 4.99. The third-order valence-electron chi connectivity index (χ3n) is 3.53. The minimum Gasteiger partial charge on any atom is -0.394 e. The van der Waals surface area contributed by atoms with E-state index in [2.05, 4.69) is 0 Å². The first-order chi connectivity index (χ1) is 10.5. The zero-order valence-electron chi connectivity index (χ0n) is 11.9. The largest absolute Gasteiger partial charge is 0.394 e. The summed E-state index contributed by atoms with van der Waals surface area (Å²) in [7, 11) is 0. The fourth-order valence-corrected chi connectivity index (χ4v) is 2.55. The number of aliphatic hydroxyl groups excluding tert-OH is 1. The number of non-ortho nitro benzene ring substituents is 1. The van der Waals surface area contributed by atoms with Gasteiger partial charge in [-0.1, -0.05) is 0 Å². The van der Waals surface area contributed by atoms with Gasteiger partial charge in [-0.05, 0) is 18.9 Å². The summed E-state index contributed by atoms with van der Waals surface area (Å²) in [5.74, 6) is 0. The minimum absolute atomic E-state index is 0.0752. The smallest absolute Gasteiger partial charge is 0.299 e. The van der Waals surface area contributed by atoms with Crippen LogP contribution in [0.5, 0.6) is 0 Å². The third-order valence-corrected chi connectivity index (χ3v) is 3.53. The van der Waals surface area contributed by atoms with E-state index in [-0.39, 0.29) is 30.7 Å². The number of benzene rings is 1. The van der Waals surface area contributed by atoms with E-state index in [0.717, 1.165) is 18.9 Å². The van der Waals surface area contributed by atoms with Crippen molar-refractivity contribution in [1.29, 1.82) is 0 Å². The second-order valence-corrected chi connectivity index (χ2v) is 4.99. The summed E-state index contributed by atoms with van der Waals surface area (Å²) in [6, 6.07) is 3.65. The molecule has 0 amide bonds. The van der Waals surface area contributed by atoms with Gasteiger partial charge >= 0.3 is 0 Å². The molecule has 1 aromatic rings. The van der Waals surface area contributed by atoms with Gasteiger partial charge in [0.1, 0.15) is 5.69 Å². The Bertz CT molecular complexity index is 565. The number of nitrogens with zero attached hydrogens (tertiary/aromatic N) is 3. The summed E-state index contributed by atoms with van der Waals surface area (Å²) in [5.41, 5.74) is -0.231. The van der Waals surface area contributed by atoms with E-state index in [0.29, 0.717) is 18.8 Å². The van der Waals surface area contributed by atoms with Crippen molar-refractivity contribution in [1.82, 2.24) is 0 Å². The molecular formula is C13H17N3O6. The van der Waals surface area contributed by atoms with Crippen LogP contribution in [-0.4, -0.2) is 47.4 Å². The molecule has 1 N–H and O–H groups in total. The summed E-state index contributed by atoms with van der Waals surface area (Å²) >= 11 is 0. The van der Waals surface area contributed by atoms with Crippen LogP contribution in [0.1, 0.15) is 12.8 Å². The lowest BCUT2D eigenvalue weighted by Gasteiger charge is -2.33. The molecule has 0 saturated carbocycles. The van der Waals surface area contributed by atoms with Crippen molar-refractivity contribution >= 4 is 17.1 Å². The van der Waals surface area contributed by atoms with E-state index >= 15 is 0 Å². The van der Waals surface area contributed by atoms with Crippen LogP contribution in [0.15, 0.2) is 18.2 Å². The van der Waals surface area contributed by atoms with Gasteiger partial charge in [0, 0.05) is 19.2 Å². The summed E-state index contributed by atoms with van der Waals surface area (Å²) < 4.78 is 5.48. The SMILES string of the molecule is O=[N+]([O-])c1ccc(N2CCCC(OCCO)C2)c([N+](=O)[O-])c1. The zero-order valence-corrected chi connectivity index (χ0v) is 11.9. The first-order valence-electron chi connectivity index (χ1n) is 6.93. The number of hydrogen-bond donors (Lipinski definition) is 1. The van der Waals surface area contributed by atoms with E-state index in [9.17, 15) is 20.2 Å². The number of nitro groups is 2. The molecule has 9 nitrogen and oxygen atoms in total. The van der Waals surface area contributed by atoms with Gasteiger partial charge in [-0.2, -0.15) is 0 Å². The average molecular weight is 311 g/mol. The molecule has 1 aliphatic rings. The van der Waals surface area contributed by atoms with Gasteiger partial charge in [-0.15, -0.1) is 0 Å².